The molecule has 1 aliphatic rings. The molecule has 4 nitrogen and oxygen atoms in total. The molecule has 0 aromatic rings. The van der Waals surface area contributed by atoms with E-state index < -0.39 is 5.91 Å². The van der Waals surface area contributed by atoms with E-state index in [1.54, 1.807) is 0 Å². The molecular formula is C3H2N3O. The van der Waals surface area contributed by atoms with Crippen molar-refractivity contribution in [3.63, 3.8) is 0 Å². The van der Waals surface area contributed by atoms with E-state index >= 15 is 0 Å². The zero-order chi connectivity index (χ0) is 5.28. The van der Waals surface area contributed by atoms with Crippen LogP contribution in [-0.4, -0.2) is 18.1 Å². The highest BCUT2D eigenvalue weighted by Gasteiger charge is 2.01. The summed E-state index contributed by atoms with van der Waals surface area (Å²) in [5.41, 5.74) is 6.59. The molecule has 7 heavy (non-hydrogen) atoms. The fourth-order valence-corrected chi connectivity index (χ4v) is 0.278. The molecule has 0 aliphatic carbocycles. The minimum Gasteiger partial charge on any atom is -0.266 e. The van der Waals surface area contributed by atoms with Crippen molar-refractivity contribution in [2.75, 3.05) is 0 Å². The van der Waals surface area contributed by atoms with E-state index in [4.69, 9.17) is 5.73 Å². The zero-order valence-electron chi connectivity index (χ0n) is 3.38. The van der Waals surface area contributed by atoms with E-state index in [0.717, 1.165) is 6.21 Å². The van der Waals surface area contributed by atoms with Crippen molar-refractivity contribution < 1.29 is 4.79 Å². The second-order valence-corrected chi connectivity index (χ2v) is 1.03. The number of rotatable bonds is 0. The Bertz CT molecular complexity index is 158. The molecule has 0 atom stereocenters. The van der Waals surface area contributed by atoms with Crippen molar-refractivity contribution in [1.29, 1.82) is 0 Å². The number of aliphatic imine (C=N–C) groups is 2. The molecule has 0 unspecified atom stereocenters. The molecule has 1 radical (unpaired) electrons. The fraction of sp³-hybridized carbons (Fsp3) is 0. The maximum Gasteiger partial charge on any atom is 0.291 e. The van der Waals surface area contributed by atoms with Crippen molar-refractivity contribution in [1.82, 2.24) is 5.73 Å². The van der Waals surface area contributed by atoms with E-state index in [1.807, 2.05) is 0 Å². The second kappa shape index (κ2) is 1.14. The Morgan fingerprint density at radius 3 is 2.57 bits per heavy atom. The highest BCUT2D eigenvalue weighted by Crippen LogP contribution is 1.83. The van der Waals surface area contributed by atoms with Crippen LogP contribution in [0.5, 0.6) is 0 Å². The van der Waals surface area contributed by atoms with Crippen molar-refractivity contribution >= 4 is 18.1 Å². The van der Waals surface area contributed by atoms with Crippen LogP contribution >= 0.6 is 0 Å². The van der Waals surface area contributed by atoms with Gasteiger partial charge in [0.1, 0.15) is 0 Å². The summed E-state index contributed by atoms with van der Waals surface area (Å²) in [5, 5.41) is 0. The Morgan fingerprint density at radius 2 is 2.43 bits per heavy atom. The topological polar surface area (TPSA) is 65.6 Å². The van der Waals surface area contributed by atoms with E-state index in [-0.39, 0.29) is 5.96 Å². The number of guanidine groups is 1. The average Bonchev–Trinajstić information content (AvgIpc) is 1.87. The minimum atomic E-state index is -0.440. The third-order valence-corrected chi connectivity index (χ3v) is 0.513. The van der Waals surface area contributed by atoms with Gasteiger partial charge in [-0.15, -0.1) is 0 Å². The van der Waals surface area contributed by atoms with Crippen LogP contribution in [0.15, 0.2) is 9.98 Å². The Labute approximate surface area is 39.8 Å². The molecule has 1 rings (SSSR count). The molecule has 0 aromatic heterocycles. The van der Waals surface area contributed by atoms with E-state index in [9.17, 15) is 4.79 Å². The number of hydrogen-bond acceptors (Lipinski definition) is 2. The molecule has 0 saturated carbocycles. The largest absolute Gasteiger partial charge is 0.291 e. The Balaban J connectivity index is 2.88. The highest BCUT2D eigenvalue weighted by atomic mass is 16.1. The Morgan fingerprint density at radius 1 is 1.71 bits per heavy atom. The van der Waals surface area contributed by atoms with Gasteiger partial charge in [0.25, 0.3) is 5.91 Å². The maximum absolute atomic E-state index is 10.00. The predicted octanol–water partition coefficient (Wildman–Crippen LogP) is -0.764. The second-order valence-electron chi connectivity index (χ2n) is 1.03. The first-order valence-electron chi connectivity index (χ1n) is 1.67. The lowest BCUT2D eigenvalue weighted by atomic mass is 10.7. The lowest BCUT2D eigenvalue weighted by Gasteiger charge is -1.69. The van der Waals surface area contributed by atoms with Gasteiger partial charge >= 0.3 is 0 Å². The Hall–Kier alpha value is -1.19. The minimum absolute atomic E-state index is 0.204. The molecule has 0 aromatic carbocycles. The SMILES string of the molecule is [NH]C1=NC(=O)C=N1. The van der Waals surface area contributed by atoms with Crippen molar-refractivity contribution in [2.24, 2.45) is 9.98 Å². The van der Waals surface area contributed by atoms with E-state index in [0.29, 0.717) is 0 Å². The summed E-state index contributed by atoms with van der Waals surface area (Å²) in [7, 11) is 0. The molecule has 1 heterocycles. The van der Waals surface area contributed by atoms with Crippen LogP contribution in [-0.2, 0) is 4.79 Å². The third kappa shape index (κ3) is 0.623. The first kappa shape index (κ1) is 3.98. The smallest absolute Gasteiger partial charge is 0.266 e. The standard InChI is InChI=1S/C3H2N3O/c4-3-5-1-2(7)6-3/h1,4H. The number of nitrogens with zero attached hydrogens (tertiary/aromatic N) is 2. The number of hydrogen-bond donors (Lipinski definition) is 0. The van der Waals surface area contributed by atoms with Crippen molar-refractivity contribution in [2.45, 2.75) is 0 Å². The third-order valence-electron chi connectivity index (χ3n) is 0.513. The van der Waals surface area contributed by atoms with Gasteiger partial charge in [-0.3, -0.25) is 10.5 Å². The van der Waals surface area contributed by atoms with Crippen molar-refractivity contribution in [3.05, 3.63) is 0 Å². The quantitative estimate of drug-likeness (QED) is 0.390. The van der Waals surface area contributed by atoms with Gasteiger partial charge < -0.3 is 0 Å². The van der Waals surface area contributed by atoms with Crippen molar-refractivity contribution in [3.8, 4) is 0 Å². The zero-order valence-corrected chi connectivity index (χ0v) is 3.38. The summed E-state index contributed by atoms with van der Waals surface area (Å²) in [5.74, 6) is -0.644. The molecule has 4 heteroatoms. The number of nitrogens with one attached hydrogen (secondary N) is 1. The van der Waals surface area contributed by atoms with E-state index in [2.05, 4.69) is 9.98 Å². The summed E-state index contributed by atoms with van der Waals surface area (Å²) >= 11 is 0. The summed E-state index contributed by atoms with van der Waals surface area (Å²) in [4.78, 5) is 16.4. The molecule has 0 fully saturated rings. The molecule has 1 amide bonds. The van der Waals surface area contributed by atoms with Crippen LogP contribution in [0.4, 0.5) is 0 Å². The number of amides is 1. The van der Waals surface area contributed by atoms with Crippen LogP contribution in [0.25, 0.3) is 0 Å². The summed E-state index contributed by atoms with van der Waals surface area (Å²) < 4.78 is 0. The first-order valence-corrected chi connectivity index (χ1v) is 1.67. The summed E-state index contributed by atoms with van der Waals surface area (Å²) in [6.07, 6.45) is 1.02. The van der Waals surface area contributed by atoms with Gasteiger partial charge in [0.05, 0.1) is 6.21 Å². The lowest BCUT2D eigenvalue weighted by molar-refractivity contribution is -0.111. The molecule has 1 N–H and O–H groups in total. The van der Waals surface area contributed by atoms with Gasteiger partial charge in [-0.2, -0.15) is 4.99 Å². The molecule has 0 bridgehead atoms. The molecule has 1 aliphatic heterocycles. The summed E-state index contributed by atoms with van der Waals surface area (Å²) in [6.45, 7) is 0. The molecule has 35 valence electrons. The van der Waals surface area contributed by atoms with Gasteiger partial charge in [0.2, 0.25) is 5.96 Å². The maximum atomic E-state index is 10.00. The first-order chi connectivity index (χ1) is 3.29. The van der Waals surface area contributed by atoms with Crippen LogP contribution in [0.3, 0.4) is 0 Å². The van der Waals surface area contributed by atoms with E-state index in [1.165, 1.54) is 0 Å². The number of carbonyl (C=O) groups excluding carboxylic acids is 1. The Kier molecular flexibility index (Phi) is 0.651. The monoisotopic (exact) mass is 96.0 g/mol. The molecular weight excluding hydrogens is 94.1 g/mol. The number of carbonyl (C=O) groups is 1. The van der Waals surface area contributed by atoms with Crippen LogP contribution in [0.1, 0.15) is 0 Å². The predicted molar refractivity (Wildman–Crippen MR) is 24.0 cm³/mol. The lowest BCUT2D eigenvalue weighted by Crippen LogP contribution is -1.88. The van der Waals surface area contributed by atoms with Gasteiger partial charge in [-0.05, 0) is 0 Å². The van der Waals surface area contributed by atoms with Crippen LogP contribution < -0.4 is 5.73 Å². The van der Waals surface area contributed by atoms with Gasteiger partial charge in [0.15, 0.2) is 0 Å². The van der Waals surface area contributed by atoms with Gasteiger partial charge in [-0.25, -0.2) is 4.99 Å². The van der Waals surface area contributed by atoms with Crippen LogP contribution in [0.2, 0.25) is 0 Å². The molecule has 0 spiro atoms. The average molecular weight is 96.1 g/mol. The fourth-order valence-electron chi connectivity index (χ4n) is 0.278. The normalized spacial score (nSPS) is 17.7. The van der Waals surface area contributed by atoms with Gasteiger partial charge in [0, 0.05) is 0 Å². The highest BCUT2D eigenvalue weighted by molar-refractivity contribution is 6.34. The van der Waals surface area contributed by atoms with Crippen LogP contribution in [0, 0.1) is 0 Å². The van der Waals surface area contributed by atoms with Gasteiger partial charge in [-0.1, -0.05) is 0 Å². The molecule has 0 saturated heterocycles. The summed E-state index contributed by atoms with van der Waals surface area (Å²) in [6, 6.07) is 0.